The molecule has 2 N–H and O–H groups in total. The first-order valence-electron chi connectivity index (χ1n) is 6.62. The molecule has 1 aromatic heterocycles. The van der Waals surface area contributed by atoms with Gasteiger partial charge in [0, 0.05) is 15.6 Å². The quantitative estimate of drug-likeness (QED) is 0.748. The number of benzene rings is 2. The summed E-state index contributed by atoms with van der Waals surface area (Å²) in [6, 6.07) is 15.3. The molecule has 1 heterocycles. The predicted octanol–water partition coefficient (Wildman–Crippen LogP) is 4.59. The Morgan fingerprint density at radius 1 is 1.15 bits per heavy atom. The van der Waals surface area contributed by atoms with Gasteiger partial charge in [-0.1, -0.05) is 35.9 Å². The van der Waals surface area contributed by atoms with Gasteiger partial charge in [-0.15, -0.1) is 11.3 Å². The summed E-state index contributed by atoms with van der Waals surface area (Å²) in [5, 5.41) is 1.06. The monoisotopic (exact) mass is 285 g/mol. The molecule has 0 radical (unpaired) electrons. The molecule has 0 saturated heterocycles. The fraction of sp³-hybridized carbons (Fsp3) is 0.176. The van der Waals surface area contributed by atoms with Crippen molar-refractivity contribution in [2.75, 3.05) is 0 Å². The van der Waals surface area contributed by atoms with Crippen molar-refractivity contribution in [2.45, 2.75) is 19.4 Å². The van der Waals surface area contributed by atoms with Crippen molar-refractivity contribution in [2.24, 2.45) is 5.73 Å². The maximum absolute atomic E-state index is 13.2. The number of rotatable bonds is 3. The van der Waals surface area contributed by atoms with Gasteiger partial charge in [0.1, 0.15) is 5.82 Å². The smallest absolute Gasteiger partial charge is 0.124 e. The highest BCUT2D eigenvalue weighted by Crippen LogP contribution is 2.31. The molecule has 0 amide bonds. The molecule has 0 bridgehead atoms. The van der Waals surface area contributed by atoms with Crippen molar-refractivity contribution < 1.29 is 4.39 Å². The number of hydrogen-bond acceptors (Lipinski definition) is 2. The predicted molar refractivity (Wildman–Crippen MR) is 83.6 cm³/mol. The van der Waals surface area contributed by atoms with Gasteiger partial charge in [0.25, 0.3) is 0 Å². The van der Waals surface area contributed by atoms with Crippen LogP contribution in [-0.2, 0) is 6.42 Å². The van der Waals surface area contributed by atoms with Crippen LogP contribution in [0.2, 0.25) is 0 Å². The van der Waals surface area contributed by atoms with E-state index >= 15 is 0 Å². The zero-order valence-electron chi connectivity index (χ0n) is 11.3. The third-order valence-corrected chi connectivity index (χ3v) is 4.63. The topological polar surface area (TPSA) is 26.0 Å². The highest BCUT2D eigenvalue weighted by Gasteiger charge is 2.11. The van der Waals surface area contributed by atoms with Crippen LogP contribution in [-0.4, -0.2) is 0 Å². The second kappa shape index (κ2) is 5.35. The molecule has 102 valence electrons. The fourth-order valence-electron chi connectivity index (χ4n) is 2.40. The van der Waals surface area contributed by atoms with Crippen molar-refractivity contribution >= 4 is 21.4 Å². The maximum Gasteiger partial charge on any atom is 0.124 e. The zero-order valence-corrected chi connectivity index (χ0v) is 12.1. The second-order valence-corrected chi connectivity index (χ2v) is 6.25. The van der Waals surface area contributed by atoms with Gasteiger partial charge in [-0.25, -0.2) is 4.39 Å². The van der Waals surface area contributed by atoms with Gasteiger partial charge in [0.05, 0.1) is 0 Å². The maximum atomic E-state index is 13.2. The second-order valence-electron chi connectivity index (χ2n) is 5.13. The number of thiophene rings is 1. The first-order chi connectivity index (χ1) is 9.61. The van der Waals surface area contributed by atoms with Crippen molar-refractivity contribution in [3.63, 3.8) is 0 Å². The average Bonchev–Trinajstić information content (AvgIpc) is 2.81. The SMILES string of the molecule is Cc1cccc(CC(N)c2cc3ccc(F)cc3s2)c1. The van der Waals surface area contributed by atoms with E-state index in [-0.39, 0.29) is 11.9 Å². The summed E-state index contributed by atoms with van der Waals surface area (Å²) < 4.78 is 14.2. The summed E-state index contributed by atoms with van der Waals surface area (Å²) >= 11 is 1.58. The van der Waals surface area contributed by atoms with Gasteiger partial charge in [0.2, 0.25) is 0 Å². The van der Waals surface area contributed by atoms with E-state index in [9.17, 15) is 4.39 Å². The largest absolute Gasteiger partial charge is 0.323 e. The van der Waals surface area contributed by atoms with Crippen molar-refractivity contribution in [1.29, 1.82) is 0 Å². The van der Waals surface area contributed by atoms with Crippen molar-refractivity contribution in [1.82, 2.24) is 0 Å². The molecule has 1 unspecified atom stereocenters. The lowest BCUT2D eigenvalue weighted by Gasteiger charge is -2.09. The van der Waals surface area contributed by atoms with Crippen LogP contribution in [0.4, 0.5) is 4.39 Å². The molecular formula is C17H16FNS. The Kier molecular flexibility index (Phi) is 3.55. The lowest BCUT2D eigenvalue weighted by molar-refractivity contribution is 0.630. The molecule has 0 aliphatic rings. The molecule has 3 heteroatoms. The molecule has 0 aliphatic heterocycles. The number of hydrogen-bond donors (Lipinski definition) is 1. The van der Waals surface area contributed by atoms with Crippen LogP contribution in [0.5, 0.6) is 0 Å². The van der Waals surface area contributed by atoms with Crippen LogP contribution in [0.3, 0.4) is 0 Å². The summed E-state index contributed by atoms with van der Waals surface area (Å²) in [6.07, 6.45) is 0.803. The first-order valence-corrected chi connectivity index (χ1v) is 7.43. The van der Waals surface area contributed by atoms with Crippen LogP contribution in [0.25, 0.3) is 10.1 Å². The lowest BCUT2D eigenvalue weighted by Crippen LogP contribution is -2.11. The Bertz CT molecular complexity index is 748. The number of nitrogens with two attached hydrogens (primary N) is 1. The van der Waals surface area contributed by atoms with Crippen LogP contribution in [0.15, 0.2) is 48.5 Å². The van der Waals surface area contributed by atoms with E-state index in [2.05, 4.69) is 37.3 Å². The lowest BCUT2D eigenvalue weighted by atomic mass is 10.0. The van der Waals surface area contributed by atoms with Crippen LogP contribution in [0, 0.1) is 12.7 Å². The summed E-state index contributed by atoms with van der Waals surface area (Å²) in [5.74, 6) is -0.196. The van der Waals surface area contributed by atoms with E-state index in [0.29, 0.717) is 0 Å². The van der Waals surface area contributed by atoms with E-state index in [1.165, 1.54) is 17.2 Å². The van der Waals surface area contributed by atoms with Crippen LogP contribution >= 0.6 is 11.3 Å². The van der Waals surface area contributed by atoms with Crippen molar-refractivity contribution in [3.05, 3.63) is 70.4 Å². The molecule has 20 heavy (non-hydrogen) atoms. The van der Waals surface area contributed by atoms with Gasteiger partial charge >= 0.3 is 0 Å². The fourth-order valence-corrected chi connectivity index (χ4v) is 3.49. The Labute approximate surface area is 121 Å². The van der Waals surface area contributed by atoms with E-state index in [4.69, 9.17) is 5.73 Å². The van der Waals surface area contributed by atoms with Crippen LogP contribution in [0.1, 0.15) is 22.0 Å². The number of halogens is 1. The Balaban J connectivity index is 1.86. The number of fused-ring (bicyclic) bond motifs is 1. The van der Waals surface area contributed by atoms with E-state index in [1.807, 2.05) is 6.07 Å². The van der Waals surface area contributed by atoms with Crippen molar-refractivity contribution in [3.8, 4) is 0 Å². The summed E-state index contributed by atoms with van der Waals surface area (Å²) in [5.41, 5.74) is 8.78. The Hall–Kier alpha value is -1.71. The highest BCUT2D eigenvalue weighted by molar-refractivity contribution is 7.19. The molecule has 1 atom stereocenters. The zero-order chi connectivity index (χ0) is 14.1. The van der Waals surface area contributed by atoms with E-state index in [1.54, 1.807) is 17.4 Å². The molecule has 0 saturated carbocycles. The highest BCUT2D eigenvalue weighted by atomic mass is 32.1. The van der Waals surface area contributed by atoms with Gasteiger partial charge in [-0.05, 0) is 42.5 Å². The standard InChI is InChI=1S/C17H16FNS/c1-11-3-2-4-12(7-11)8-15(19)17-9-13-5-6-14(18)10-16(13)20-17/h2-7,9-10,15H,8,19H2,1H3. The minimum Gasteiger partial charge on any atom is -0.323 e. The third-order valence-electron chi connectivity index (χ3n) is 3.40. The molecule has 2 aromatic carbocycles. The van der Waals surface area contributed by atoms with Gasteiger partial charge in [0.15, 0.2) is 0 Å². The van der Waals surface area contributed by atoms with E-state index in [0.717, 1.165) is 21.4 Å². The molecule has 0 spiro atoms. The Morgan fingerprint density at radius 2 is 2.00 bits per heavy atom. The van der Waals surface area contributed by atoms with Gasteiger partial charge in [-0.3, -0.25) is 0 Å². The molecule has 0 fully saturated rings. The first kappa shape index (κ1) is 13.3. The normalized spacial score (nSPS) is 12.8. The third kappa shape index (κ3) is 2.74. The minimum atomic E-state index is -0.196. The minimum absolute atomic E-state index is 0.0442. The molecular weight excluding hydrogens is 269 g/mol. The Morgan fingerprint density at radius 3 is 2.80 bits per heavy atom. The number of aryl methyl sites for hydroxylation is 1. The molecule has 1 nitrogen and oxygen atoms in total. The summed E-state index contributed by atoms with van der Waals surface area (Å²) in [6.45, 7) is 2.08. The molecule has 0 aliphatic carbocycles. The average molecular weight is 285 g/mol. The summed E-state index contributed by atoms with van der Waals surface area (Å²) in [4.78, 5) is 1.10. The van der Waals surface area contributed by atoms with Gasteiger partial charge in [-0.2, -0.15) is 0 Å². The van der Waals surface area contributed by atoms with E-state index < -0.39 is 0 Å². The van der Waals surface area contributed by atoms with Crippen LogP contribution < -0.4 is 5.73 Å². The molecule has 3 aromatic rings. The van der Waals surface area contributed by atoms with Gasteiger partial charge < -0.3 is 5.73 Å². The molecule has 3 rings (SSSR count). The summed E-state index contributed by atoms with van der Waals surface area (Å²) in [7, 11) is 0.